The van der Waals surface area contributed by atoms with Crippen LogP contribution in [-0.2, 0) is 11.2 Å². The Morgan fingerprint density at radius 2 is 1.79 bits per heavy atom. The quantitative estimate of drug-likeness (QED) is 0.478. The number of para-hydroxylation sites is 1. The highest BCUT2D eigenvalue weighted by Gasteiger charge is 2.22. The first kappa shape index (κ1) is 17.5. The Kier molecular flexibility index (Phi) is 4.63. The summed E-state index contributed by atoms with van der Waals surface area (Å²) in [5.41, 5.74) is 8.20. The number of carbonyl (C=O) groups excluding carboxylic acids is 2. The van der Waals surface area contributed by atoms with E-state index in [9.17, 15) is 9.59 Å². The average molecular weight is 374 g/mol. The molecule has 7 heteroatoms. The Balaban J connectivity index is 1.45. The van der Waals surface area contributed by atoms with Crippen LogP contribution in [-0.4, -0.2) is 22.0 Å². The summed E-state index contributed by atoms with van der Waals surface area (Å²) in [6, 6.07) is 17.0. The summed E-state index contributed by atoms with van der Waals surface area (Å²) in [4.78, 5) is 28.0. The number of carbonyl (C=O) groups is 2. The molecular weight excluding hydrogens is 356 g/mol. The Morgan fingerprint density at radius 1 is 1.04 bits per heavy atom. The second kappa shape index (κ2) is 7.40. The molecule has 0 aliphatic rings. The number of rotatable bonds is 4. The minimum Gasteiger partial charge on any atom is -0.361 e. The van der Waals surface area contributed by atoms with Crippen molar-refractivity contribution in [2.75, 3.05) is 0 Å². The first-order chi connectivity index (χ1) is 13.6. The fourth-order valence-electron chi connectivity index (χ4n) is 3.12. The van der Waals surface area contributed by atoms with Crippen LogP contribution in [0.15, 0.2) is 65.3 Å². The second-order valence-corrected chi connectivity index (χ2v) is 6.37. The molecule has 140 valence electrons. The topological polar surface area (TPSA) is 100 Å². The maximum Gasteiger partial charge on any atom is 0.275 e. The van der Waals surface area contributed by atoms with Gasteiger partial charge in [-0.2, -0.15) is 0 Å². The van der Waals surface area contributed by atoms with Gasteiger partial charge in [-0.1, -0.05) is 53.7 Å². The molecule has 0 saturated carbocycles. The molecule has 0 atom stereocenters. The molecule has 0 aliphatic heterocycles. The van der Waals surface area contributed by atoms with Crippen LogP contribution in [0.4, 0.5) is 0 Å². The summed E-state index contributed by atoms with van der Waals surface area (Å²) in [7, 11) is 0. The molecule has 28 heavy (non-hydrogen) atoms. The number of nitrogens with one attached hydrogen (secondary N) is 3. The number of aromatic amines is 1. The summed E-state index contributed by atoms with van der Waals surface area (Å²) in [6.07, 6.45) is 1.93. The van der Waals surface area contributed by atoms with Gasteiger partial charge in [-0.15, -0.1) is 0 Å². The number of H-pyrrole nitrogens is 1. The number of aryl methyl sites for hydroxylation is 1. The molecule has 0 saturated heterocycles. The van der Waals surface area contributed by atoms with Crippen molar-refractivity contribution < 1.29 is 14.1 Å². The van der Waals surface area contributed by atoms with Gasteiger partial charge < -0.3 is 9.51 Å². The van der Waals surface area contributed by atoms with Gasteiger partial charge in [0.15, 0.2) is 0 Å². The van der Waals surface area contributed by atoms with E-state index in [4.69, 9.17) is 4.52 Å². The molecule has 0 aliphatic carbocycles. The molecule has 0 spiro atoms. The largest absolute Gasteiger partial charge is 0.361 e. The number of hydrogen-bond donors (Lipinski definition) is 3. The summed E-state index contributed by atoms with van der Waals surface area (Å²) < 4.78 is 5.18. The Bertz CT molecular complexity index is 1140. The fourth-order valence-corrected chi connectivity index (χ4v) is 3.12. The van der Waals surface area contributed by atoms with Gasteiger partial charge in [0, 0.05) is 22.7 Å². The van der Waals surface area contributed by atoms with E-state index in [1.165, 1.54) is 0 Å². The van der Waals surface area contributed by atoms with Gasteiger partial charge in [-0.3, -0.25) is 20.4 Å². The molecule has 4 aromatic rings. The van der Waals surface area contributed by atoms with E-state index >= 15 is 0 Å². The predicted molar refractivity (Wildman–Crippen MR) is 104 cm³/mol. The van der Waals surface area contributed by atoms with Crippen LogP contribution in [0, 0.1) is 6.92 Å². The maximum absolute atomic E-state index is 12.6. The highest BCUT2D eigenvalue weighted by Crippen LogP contribution is 2.24. The van der Waals surface area contributed by atoms with Crippen molar-refractivity contribution in [3.05, 3.63) is 77.7 Å². The summed E-state index contributed by atoms with van der Waals surface area (Å²) >= 11 is 0. The highest BCUT2D eigenvalue weighted by atomic mass is 16.5. The minimum atomic E-state index is -0.482. The van der Waals surface area contributed by atoms with E-state index in [0.29, 0.717) is 17.0 Å². The van der Waals surface area contributed by atoms with Gasteiger partial charge >= 0.3 is 0 Å². The van der Waals surface area contributed by atoms with Crippen LogP contribution in [0.5, 0.6) is 0 Å². The number of fused-ring (bicyclic) bond motifs is 1. The molecule has 2 aromatic carbocycles. The van der Waals surface area contributed by atoms with Gasteiger partial charge in [0.2, 0.25) is 5.91 Å². The molecular formula is C21H18N4O3. The average Bonchev–Trinajstić information content (AvgIpc) is 3.31. The van der Waals surface area contributed by atoms with E-state index in [0.717, 1.165) is 22.0 Å². The number of hydrazine groups is 1. The fraction of sp³-hybridized carbons (Fsp3) is 0.0952. The first-order valence-electron chi connectivity index (χ1n) is 8.79. The molecule has 0 fully saturated rings. The van der Waals surface area contributed by atoms with Crippen molar-refractivity contribution in [1.29, 1.82) is 0 Å². The van der Waals surface area contributed by atoms with Crippen LogP contribution in [0.2, 0.25) is 0 Å². The van der Waals surface area contributed by atoms with Gasteiger partial charge in [0.05, 0.1) is 6.42 Å². The predicted octanol–water partition coefficient (Wildman–Crippen LogP) is 3.14. The molecule has 0 unspecified atom stereocenters. The lowest BCUT2D eigenvalue weighted by Crippen LogP contribution is -2.42. The lowest BCUT2D eigenvalue weighted by Gasteiger charge is -2.07. The highest BCUT2D eigenvalue weighted by molar-refractivity contribution is 6.01. The van der Waals surface area contributed by atoms with Crippen LogP contribution in [0.3, 0.4) is 0 Å². The smallest absolute Gasteiger partial charge is 0.275 e. The van der Waals surface area contributed by atoms with Crippen molar-refractivity contribution in [1.82, 2.24) is 21.0 Å². The standard InChI is InChI=1S/C21H18N4O3/c1-13-19(20(25-28-13)14-7-3-2-4-8-14)21(27)24-23-18(26)11-15-12-22-17-10-6-5-9-16(15)17/h2-10,12,22H,11H2,1H3,(H,23,26)(H,24,27). The summed E-state index contributed by atoms with van der Waals surface area (Å²) in [6.45, 7) is 1.65. The zero-order valence-corrected chi connectivity index (χ0v) is 15.2. The number of hydrogen-bond acceptors (Lipinski definition) is 4. The van der Waals surface area contributed by atoms with Gasteiger partial charge in [-0.05, 0) is 18.6 Å². The molecule has 2 heterocycles. The first-order valence-corrected chi connectivity index (χ1v) is 8.79. The van der Waals surface area contributed by atoms with E-state index in [-0.39, 0.29) is 12.3 Å². The lowest BCUT2D eigenvalue weighted by molar-refractivity contribution is -0.121. The Labute approximate surface area is 160 Å². The zero-order chi connectivity index (χ0) is 19.5. The van der Waals surface area contributed by atoms with Gasteiger partial charge in [0.25, 0.3) is 5.91 Å². The van der Waals surface area contributed by atoms with Crippen molar-refractivity contribution in [2.45, 2.75) is 13.3 Å². The molecule has 0 radical (unpaired) electrons. The molecule has 2 aromatic heterocycles. The van der Waals surface area contributed by atoms with Crippen LogP contribution < -0.4 is 10.9 Å². The second-order valence-electron chi connectivity index (χ2n) is 6.37. The lowest BCUT2D eigenvalue weighted by atomic mass is 10.1. The molecule has 2 amide bonds. The normalized spacial score (nSPS) is 10.8. The Hall–Kier alpha value is -3.87. The molecule has 7 nitrogen and oxygen atoms in total. The molecule has 3 N–H and O–H groups in total. The minimum absolute atomic E-state index is 0.137. The zero-order valence-electron chi connectivity index (χ0n) is 15.2. The number of amides is 2. The number of aromatic nitrogens is 2. The SMILES string of the molecule is Cc1onc(-c2ccccc2)c1C(=O)NNC(=O)Cc1c[nH]c2ccccc12. The van der Waals surface area contributed by atoms with E-state index in [1.54, 1.807) is 13.1 Å². The van der Waals surface area contributed by atoms with Crippen molar-refractivity contribution in [3.63, 3.8) is 0 Å². The van der Waals surface area contributed by atoms with Crippen molar-refractivity contribution in [3.8, 4) is 11.3 Å². The third-order valence-corrected chi connectivity index (χ3v) is 4.48. The monoisotopic (exact) mass is 374 g/mol. The van der Waals surface area contributed by atoms with Gasteiger partial charge in [0.1, 0.15) is 17.0 Å². The number of benzene rings is 2. The maximum atomic E-state index is 12.6. The van der Waals surface area contributed by atoms with Crippen LogP contribution >= 0.6 is 0 Å². The van der Waals surface area contributed by atoms with E-state index in [2.05, 4.69) is 21.0 Å². The third-order valence-electron chi connectivity index (χ3n) is 4.48. The van der Waals surface area contributed by atoms with Crippen molar-refractivity contribution in [2.24, 2.45) is 0 Å². The van der Waals surface area contributed by atoms with E-state index < -0.39 is 5.91 Å². The van der Waals surface area contributed by atoms with Crippen LogP contribution in [0.1, 0.15) is 21.7 Å². The summed E-state index contributed by atoms with van der Waals surface area (Å²) in [5, 5.41) is 4.95. The van der Waals surface area contributed by atoms with Crippen LogP contribution in [0.25, 0.3) is 22.2 Å². The third kappa shape index (κ3) is 3.37. The van der Waals surface area contributed by atoms with Crippen molar-refractivity contribution >= 4 is 22.7 Å². The molecule has 4 rings (SSSR count). The number of nitrogens with zero attached hydrogens (tertiary/aromatic N) is 1. The summed E-state index contributed by atoms with van der Waals surface area (Å²) in [5.74, 6) is -0.430. The van der Waals surface area contributed by atoms with Gasteiger partial charge in [-0.25, -0.2) is 0 Å². The van der Waals surface area contributed by atoms with E-state index in [1.807, 2.05) is 54.6 Å². The Morgan fingerprint density at radius 3 is 2.61 bits per heavy atom. The molecule has 0 bridgehead atoms.